The van der Waals surface area contributed by atoms with E-state index < -0.39 is 105 Å². The number of nitrogens with one attached hydrogen (secondary N) is 2. The van der Waals surface area contributed by atoms with Crippen LogP contribution in [0.5, 0.6) is 0 Å². The van der Waals surface area contributed by atoms with Crippen LogP contribution in [0, 0.1) is 11.3 Å². The van der Waals surface area contributed by atoms with Crippen molar-refractivity contribution < 1.29 is 55.8 Å². The van der Waals surface area contributed by atoms with Gasteiger partial charge in [0.2, 0.25) is 0 Å². The Bertz CT molecular complexity index is 2840. The van der Waals surface area contributed by atoms with Crippen molar-refractivity contribution in [1.29, 1.82) is 5.26 Å². The molecule has 2 aliphatic rings. The van der Waals surface area contributed by atoms with E-state index in [0.717, 1.165) is 0 Å². The fourth-order valence-corrected chi connectivity index (χ4v) is 12.5. The predicted molar refractivity (Wildman–Crippen MR) is 263 cm³/mol. The van der Waals surface area contributed by atoms with Gasteiger partial charge in [-0.3, -0.25) is 23.2 Å². The highest BCUT2D eigenvalue weighted by Crippen LogP contribution is 2.56. The molecule has 2 aliphatic heterocycles. The highest BCUT2D eigenvalue weighted by molar-refractivity contribution is 8.07. The van der Waals surface area contributed by atoms with Crippen LogP contribution in [-0.4, -0.2) is 128 Å². The molecule has 7 rings (SSSR count). The van der Waals surface area contributed by atoms with Crippen LogP contribution in [-0.2, 0) is 52.8 Å². The molecule has 2 fully saturated rings. The Labute approximate surface area is 412 Å². The van der Waals surface area contributed by atoms with E-state index in [-0.39, 0.29) is 51.1 Å². The maximum atomic E-state index is 13.2. The molecule has 0 radical (unpaired) electrons. The normalized spacial score (nSPS) is 24.5. The lowest BCUT2D eigenvalue weighted by Gasteiger charge is -2.41. The zero-order chi connectivity index (χ0) is 51.0. The molecule has 0 saturated carbocycles. The van der Waals surface area contributed by atoms with E-state index in [4.69, 9.17) is 48.2 Å². The van der Waals surface area contributed by atoms with Crippen molar-refractivity contribution in [3.63, 3.8) is 0 Å². The summed E-state index contributed by atoms with van der Waals surface area (Å²) in [5.74, 6) is -0.305. The zero-order valence-corrected chi connectivity index (χ0v) is 45.0. The Morgan fingerprint density at radius 1 is 0.914 bits per heavy atom. The summed E-state index contributed by atoms with van der Waals surface area (Å²) < 4.78 is 68.3. The summed E-state index contributed by atoms with van der Waals surface area (Å²) in [5, 5.41) is 28.8. The summed E-state index contributed by atoms with van der Waals surface area (Å²) in [7, 11) is -8.74. The van der Waals surface area contributed by atoms with Crippen LogP contribution in [0.2, 0.25) is 36.3 Å². The third-order valence-electron chi connectivity index (χ3n) is 13.1. The number of carbonyl (C=O) groups is 1. The van der Waals surface area contributed by atoms with Crippen LogP contribution in [0.4, 0.5) is 5.82 Å². The summed E-state index contributed by atoms with van der Waals surface area (Å²) in [6.07, 6.45) is -3.70. The lowest BCUT2D eigenvalue weighted by atomic mass is 10.1. The van der Waals surface area contributed by atoms with Crippen molar-refractivity contribution >= 4 is 77.3 Å². The molecule has 1 aromatic carbocycles. The molecule has 28 heteroatoms. The minimum absolute atomic E-state index is 0.0635. The van der Waals surface area contributed by atoms with E-state index >= 15 is 0 Å². The standard InChI is InChI=1S/C42H58N10O13P2SSi2/c1-41(2,3)69(7,8)64-32-27(20-53)60-39(51-23-46-29-26(51)19-48-50-38(29)55)33(32)63-67(68,58-18-14-17-43)59-21-28-31(62-66(56)57)34(65-70(9,10)42(4,5)6)40(61-28)52-24-47-30-35(44-22-45-36(30)52)49-37(54)25-15-12-11-13-16-25/h11-13,15-16,19,22-24,27-28,31-34,39-40,53H,14,18,20-21H2,1-10H3,(H2-,44,45,49,50,54,55,56,57)/p+1/t27-,28-,31-,32-,33-,34-,39-,40-,67?/m1/s1. The molecule has 0 aliphatic carbocycles. The van der Waals surface area contributed by atoms with E-state index in [2.05, 4.69) is 35.5 Å². The molecule has 23 nitrogen and oxygen atoms in total. The molecule has 1 amide bonds. The second kappa shape index (κ2) is 21.1. The number of anilines is 1. The molecule has 5 aromatic rings. The van der Waals surface area contributed by atoms with Crippen LogP contribution < -0.4 is 10.9 Å². The average Bonchev–Trinajstić information content (AvgIpc) is 4.07. The molecule has 0 bridgehead atoms. The number of nitrogens with zero attached hydrogens (tertiary/aromatic N) is 8. The van der Waals surface area contributed by atoms with E-state index in [1.807, 2.05) is 73.8 Å². The van der Waals surface area contributed by atoms with Crippen LogP contribution in [0.15, 0.2) is 60.3 Å². The number of aliphatic hydroxyl groups excluding tert-OH is 1. The number of hydrogen-bond acceptors (Lipinski definition) is 19. The van der Waals surface area contributed by atoms with Crippen molar-refractivity contribution in [2.45, 2.75) is 133 Å². The average molecular weight is 1060 g/mol. The highest BCUT2D eigenvalue weighted by atomic mass is 32.5. The van der Waals surface area contributed by atoms with Crippen LogP contribution in [0.3, 0.4) is 0 Å². The topological polar surface area (TPSA) is 291 Å². The molecule has 2 unspecified atom stereocenters. The van der Waals surface area contributed by atoms with E-state index in [1.54, 1.807) is 34.9 Å². The number of rotatable bonds is 19. The van der Waals surface area contributed by atoms with Crippen LogP contribution in [0.1, 0.15) is 70.8 Å². The van der Waals surface area contributed by atoms with E-state index in [0.29, 0.717) is 5.56 Å². The molecule has 70 heavy (non-hydrogen) atoms. The number of benzene rings is 1. The van der Waals surface area contributed by atoms with Gasteiger partial charge in [0, 0.05) is 10.1 Å². The van der Waals surface area contributed by atoms with Crippen molar-refractivity contribution in [3.8, 4) is 6.07 Å². The first kappa shape index (κ1) is 53.7. The molecule has 4 aromatic heterocycles. The van der Waals surface area contributed by atoms with Crippen molar-refractivity contribution in [3.05, 3.63) is 71.4 Å². The lowest BCUT2D eigenvalue weighted by molar-refractivity contribution is -0.0574. The molecule has 2 saturated heterocycles. The number of amides is 1. The fraction of sp³-hybridized carbons (Fsp3) is 0.571. The monoisotopic (exact) mass is 1060 g/mol. The number of carbonyl (C=O) groups excluding carboxylic acids is 1. The first-order valence-electron chi connectivity index (χ1n) is 22.4. The number of ether oxygens (including phenoxy) is 2. The third-order valence-corrected chi connectivity index (χ3v) is 24.9. The van der Waals surface area contributed by atoms with Crippen molar-refractivity contribution in [1.82, 2.24) is 39.3 Å². The first-order chi connectivity index (χ1) is 32.9. The molecule has 4 N–H and O–H groups in total. The number of nitriles is 1. The molecular formula is C42H59N10O13P2SSi2+. The van der Waals surface area contributed by atoms with Gasteiger partial charge in [-0.15, -0.1) is 9.42 Å². The fourth-order valence-electron chi connectivity index (χ4n) is 7.39. The van der Waals surface area contributed by atoms with Gasteiger partial charge in [-0.2, -0.15) is 10.4 Å². The van der Waals surface area contributed by atoms with Gasteiger partial charge in [-0.1, -0.05) is 59.7 Å². The van der Waals surface area contributed by atoms with E-state index in [9.17, 15) is 29.4 Å². The van der Waals surface area contributed by atoms with Gasteiger partial charge >= 0.3 is 15.0 Å². The Morgan fingerprint density at radius 3 is 2.19 bits per heavy atom. The SMILES string of the molecule is CC(C)(C)[Si](C)(C)O[C@@H]1[C@H](O[P+](=O)O)[C@@H](COP(=S)(OCCC#N)O[C@@H]2[C@H](O[Si](C)(C)C(C)(C)C)[C@@H](CO)O[C@H]2n2cnc3c(=O)[nH]ncc32)O[C@H]1n1cnc2c(NC(=O)c3ccccc3)ncnc21. The van der Waals surface area contributed by atoms with E-state index in [1.165, 1.54) is 29.7 Å². The minimum Gasteiger partial charge on any atom is -0.408 e. The Balaban J connectivity index is 1.27. The zero-order valence-electron chi connectivity index (χ0n) is 40.4. The predicted octanol–water partition coefficient (Wildman–Crippen LogP) is 6.37. The summed E-state index contributed by atoms with van der Waals surface area (Å²) >= 11 is 6.16. The molecular weight excluding hydrogens is 1000 g/mol. The minimum atomic E-state index is -4.10. The van der Waals surface area contributed by atoms with Gasteiger partial charge in [0.15, 0.2) is 57.7 Å². The number of H-pyrrole nitrogens is 1. The number of aromatic amines is 1. The van der Waals surface area contributed by atoms with Crippen molar-refractivity contribution in [2.24, 2.45) is 0 Å². The second-order valence-corrected chi connectivity index (χ2v) is 33.0. The number of fused-ring (bicyclic) bond motifs is 2. The highest BCUT2D eigenvalue weighted by Gasteiger charge is 2.57. The van der Waals surface area contributed by atoms with Crippen LogP contribution >= 0.6 is 15.0 Å². The third kappa shape index (κ3) is 11.4. The number of aliphatic hydroxyl groups is 1. The Kier molecular flexibility index (Phi) is 16.2. The summed E-state index contributed by atoms with van der Waals surface area (Å²) in [6.45, 7) is 15.0. The molecule has 378 valence electrons. The first-order valence-corrected chi connectivity index (χ1v) is 31.9. The van der Waals surface area contributed by atoms with Gasteiger partial charge in [-0.25, -0.2) is 25.0 Å². The maximum Gasteiger partial charge on any atom is 0.695 e. The van der Waals surface area contributed by atoms with Gasteiger partial charge in [0.25, 0.3) is 11.5 Å². The smallest absolute Gasteiger partial charge is 0.408 e. The van der Waals surface area contributed by atoms with Crippen LogP contribution in [0.25, 0.3) is 22.2 Å². The number of hydrogen-bond donors (Lipinski definition) is 4. The summed E-state index contributed by atoms with van der Waals surface area (Å²) in [4.78, 5) is 54.1. The molecule has 0 spiro atoms. The molecule has 6 heterocycles. The Morgan fingerprint density at radius 2 is 1.54 bits per heavy atom. The van der Waals surface area contributed by atoms with Gasteiger partial charge in [-0.05, 0) is 60.2 Å². The lowest BCUT2D eigenvalue weighted by Crippen LogP contribution is -2.50. The van der Waals surface area contributed by atoms with Gasteiger partial charge in [0.05, 0.1) is 56.7 Å². The molecule has 10 atom stereocenters. The van der Waals surface area contributed by atoms with Crippen molar-refractivity contribution in [2.75, 3.05) is 25.1 Å². The summed E-state index contributed by atoms with van der Waals surface area (Å²) in [6, 6.07) is 10.6. The number of aromatic nitrogens is 8. The second-order valence-electron chi connectivity index (χ2n) is 19.8. The summed E-state index contributed by atoms with van der Waals surface area (Å²) in [5.41, 5.74) is 0.643. The van der Waals surface area contributed by atoms with Gasteiger partial charge < -0.3 is 37.8 Å². The largest absolute Gasteiger partial charge is 0.695 e. The maximum absolute atomic E-state index is 13.2. The quantitative estimate of drug-likeness (QED) is 0.0397. The Hall–Kier alpha value is -4.14. The number of imidazole rings is 2. The van der Waals surface area contributed by atoms with Gasteiger partial charge in [0.1, 0.15) is 36.8 Å².